The van der Waals surface area contributed by atoms with Gasteiger partial charge in [0, 0.05) is 111 Å². The molecule has 6 heterocycles. The Morgan fingerprint density at radius 1 is 0.303 bits per heavy atom. The van der Waals surface area contributed by atoms with Crippen LogP contribution < -0.4 is 34.2 Å². The van der Waals surface area contributed by atoms with E-state index in [9.17, 15) is 74.3 Å². The first kappa shape index (κ1) is 116. The lowest BCUT2D eigenvalue weighted by Crippen LogP contribution is -2.41. The summed E-state index contributed by atoms with van der Waals surface area (Å²) in [6, 6.07) is 31.7. The third-order valence-corrected chi connectivity index (χ3v) is 23.9. The van der Waals surface area contributed by atoms with Gasteiger partial charge >= 0.3 is 11.9 Å². The minimum atomic E-state index is -0.375. The molecule has 0 bridgehead atoms. The number of ketones is 2. The Bertz CT molecular complexity index is 5060. The Morgan fingerprint density at radius 3 is 0.711 bits per heavy atom. The van der Waals surface area contributed by atoms with Crippen molar-refractivity contribution in [2.24, 2.45) is 5.73 Å². The third-order valence-electron chi connectivity index (χ3n) is 23.9. The van der Waals surface area contributed by atoms with Gasteiger partial charge in [-0.25, -0.2) is 26.3 Å². The van der Waals surface area contributed by atoms with Crippen molar-refractivity contribution in [1.29, 1.82) is 0 Å². The molecule has 0 fully saturated rings. The standard InChI is InChI=1S/2C20H26FNO4.2C18H24FNO3.C17H20FNO3.C16H19FN2O3/c2*1-3-5-10-25-19(23)13-22-9-8-16-11-17(6-7-18(16)20(22)24)26-14-15(4-2)12-21;2*1-3-14(12-19)13-23-16-5-6-17-15(11-16)7-8-20(18(17)21)9-10-22-4-2;1-3-13(9-18)11-22-15-4-5-16-14(8-15)6-7-19(17(16)21)10-12(2)20;1-11(20)9-19-5-4-13-6-14(2-3-15(13)16(19)21)22-10-12(7-17)8-18/h2*6-7,11-12H,3-5,8-10,13-14H2,1-2H3;2*5-6,11-12H,3-4,7-10,13H2,1-2H3;4-5,8-9H,3,6-7,10-11H2,1-2H3;2-3,6-7H,4-5,8-10,18H2,1H3/b15-12+;15-12-;14-12+;14-12-;13-9+;12-7-. The van der Waals surface area contributed by atoms with Crippen molar-refractivity contribution in [3.05, 3.63) is 247 Å². The molecule has 12 rings (SSSR count). The van der Waals surface area contributed by atoms with E-state index in [4.69, 9.17) is 53.1 Å². The second-order valence-corrected chi connectivity index (χ2v) is 34.2. The molecular formula is C109H139F6N7O20. The average Bonchev–Trinajstić information content (AvgIpc) is 0.821. The van der Waals surface area contributed by atoms with Crippen LogP contribution in [0.4, 0.5) is 26.3 Å². The second-order valence-electron chi connectivity index (χ2n) is 34.2. The van der Waals surface area contributed by atoms with E-state index >= 15 is 0 Å². The van der Waals surface area contributed by atoms with Crippen LogP contribution in [0.1, 0.15) is 229 Å². The first-order valence-electron chi connectivity index (χ1n) is 48.8. The van der Waals surface area contributed by atoms with Crippen LogP contribution in [0.3, 0.4) is 0 Å². The topological polar surface area (TPSA) is 308 Å². The highest BCUT2D eigenvalue weighted by Gasteiger charge is 2.33. The smallest absolute Gasteiger partial charge is 0.325 e. The molecule has 0 radical (unpaired) electrons. The lowest BCUT2D eigenvalue weighted by atomic mass is 9.98. The molecule has 0 spiro atoms. The van der Waals surface area contributed by atoms with E-state index in [0.717, 1.165) is 83.0 Å². The van der Waals surface area contributed by atoms with Crippen molar-refractivity contribution >= 4 is 58.9 Å². The lowest BCUT2D eigenvalue weighted by Gasteiger charge is -2.28. The highest BCUT2D eigenvalue weighted by molar-refractivity contribution is 6.02. The Hall–Kier alpha value is -12.9. The number of hydrogen-bond donors (Lipinski definition) is 1. The number of carbonyl (C=O) groups excluding carboxylic acids is 10. The van der Waals surface area contributed by atoms with Gasteiger partial charge in [-0.05, 0) is 282 Å². The first-order chi connectivity index (χ1) is 68.6. The zero-order valence-corrected chi connectivity index (χ0v) is 83.8. The van der Waals surface area contributed by atoms with Gasteiger partial charge in [0.05, 0.1) is 77.5 Å². The molecule has 0 aliphatic carbocycles. The van der Waals surface area contributed by atoms with E-state index in [-0.39, 0.29) is 131 Å². The minimum absolute atomic E-state index is 0.0261. The van der Waals surface area contributed by atoms with Crippen LogP contribution in [-0.4, -0.2) is 253 Å². The number of halogens is 6. The number of unbranched alkanes of at least 4 members (excludes halogenated alkanes) is 2. The monoisotopic (exact) mass is 1980 g/mol. The van der Waals surface area contributed by atoms with Gasteiger partial charge in [-0.1, -0.05) is 61.3 Å². The number of ether oxygens (including phenoxy) is 10. The number of benzene rings is 6. The van der Waals surface area contributed by atoms with Crippen LogP contribution in [0, 0.1) is 0 Å². The molecule has 0 saturated carbocycles. The van der Waals surface area contributed by atoms with Crippen LogP contribution >= 0.6 is 0 Å². The van der Waals surface area contributed by atoms with E-state index in [1.807, 2.05) is 102 Å². The van der Waals surface area contributed by atoms with Crippen LogP contribution in [0.25, 0.3) is 0 Å². The SMILES string of the molecule is CC(=O)CN1CCc2cc(OC/C(=C\F)CN)ccc2C1=O.CC/C(=C\F)COc1ccc2c(c1)CCN(CC(C)=O)C2=O.CCCCOC(=O)CN1CCc2cc(OC/C(=C/F)CC)ccc2C1=O.CCCCOC(=O)CN1CCc2cc(OC/C(=C\F)CC)ccc2C1=O.CCOCCN1CCc2cc(OC/C(=C/F)CC)ccc2C1=O.CCOCCN1CCc2cc(OC/C(=C\F)CC)ccc2C1=O. The molecule has 33 heteroatoms. The number of esters is 2. The molecule has 6 aromatic rings. The predicted octanol–water partition coefficient (Wildman–Crippen LogP) is 18.4. The van der Waals surface area contributed by atoms with Gasteiger partial charge in [-0.15, -0.1) is 0 Å². The van der Waals surface area contributed by atoms with Gasteiger partial charge in [0.25, 0.3) is 35.4 Å². The maximum Gasteiger partial charge on any atom is 0.325 e. The summed E-state index contributed by atoms with van der Waals surface area (Å²) in [5, 5.41) is 0. The Labute approximate surface area is 830 Å². The number of amides is 6. The molecule has 27 nitrogen and oxygen atoms in total. The zero-order valence-electron chi connectivity index (χ0n) is 83.8. The zero-order chi connectivity index (χ0) is 103. The molecule has 0 saturated heterocycles. The highest BCUT2D eigenvalue weighted by Crippen LogP contribution is 2.32. The summed E-state index contributed by atoms with van der Waals surface area (Å²) in [6.07, 6.45) is 14.1. The molecule has 2 N–H and O–H groups in total. The fraction of sp³-hybridized carbons (Fsp3) is 0.468. The summed E-state index contributed by atoms with van der Waals surface area (Å²) in [6.45, 7) is 29.5. The van der Waals surface area contributed by atoms with Crippen LogP contribution in [0.2, 0.25) is 0 Å². The summed E-state index contributed by atoms with van der Waals surface area (Å²) in [5.41, 5.74) is 18.0. The number of fused-ring (bicyclic) bond motifs is 6. The van der Waals surface area contributed by atoms with E-state index < -0.39 is 0 Å². The molecule has 0 unspecified atom stereocenters. The van der Waals surface area contributed by atoms with Crippen molar-refractivity contribution in [3.8, 4) is 34.5 Å². The molecular weight excluding hydrogens is 1840 g/mol. The lowest BCUT2D eigenvalue weighted by molar-refractivity contribution is -0.145. The fourth-order valence-corrected chi connectivity index (χ4v) is 15.1. The predicted molar refractivity (Wildman–Crippen MR) is 531 cm³/mol. The normalized spacial score (nSPS) is 14.6. The van der Waals surface area contributed by atoms with Gasteiger partial charge < -0.3 is 82.5 Å². The molecule has 6 aliphatic heterocycles. The first-order valence-corrected chi connectivity index (χ1v) is 48.8. The molecule has 0 aromatic heterocycles. The minimum Gasteiger partial charge on any atom is -0.489 e. The van der Waals surface area contributed by atoms with Gasteiger partial charge in [-0.2, -0.15) is 0 Å². The molecule has 142 heavy (non-hydrogen) atoms. The maximum atomic E-state index is 12.6. The Morgan fingerprint density at radius 2 is 0.514 bits per heavy atom. The highest BCUT2D eigenvalue weighted by atomic mass is 19.1. The summed E-state index contributed by atoms with van der Waals surface area (Å²) >= 11 is 0. The van der Waals surface area contributed by atoms with E-state index in [1.165, 1.54) is 23.6 Å². The molecule has 6 aromatic carbocycles. The second kappa shape index (κ2) is 63.1. The number of rotatable bonds is 46. The van der Waals surface area contributed by atoms with Crippen molar-refractivity contribution in [3.63, 3.8) is 0 Å². The van der Waals surface area contributed by atoms with E-state index in [2.05, 4.69) is 0 Å². The molecule has 6 amide bonds. The summed E-state index contributed by atoms with van der Waals surface area (Å²) in [4.78, 5) is 130. The van der Waals surface area contributed by atoms with Gasteiger partial charge in [0.15, 0.2) is 0 Å². The Balaban J connectivity index is 0.000000232. The number of nitrogens with zero attached hydrogens (tertiary/aromatic N) is 6. The largest absolute Gasteiger partial charge is 0.489 e. The molecule has 0 atom stereocenters. The third kappa shape index (κ3) is 37.2. The average molecular weight is 1980 g/mol. The van der Waals surface area contributed by atoms with E-state index in [0.29, 0.717) is 278 Å². The van der Waals surface area contributed by atoms with Crippen LogP contribution in [0.15, 0.2) is 181 Å². The maximum absolute atomic E-state index is 12.6. The van der Waals surface area contributed by atoms with Crippen molar-refractivity contribution in [1.82, 2.24) is 29.4 Å². The van der Waals surface area contributed by atoms with Crippen molar-refractivity contribution in [2.75, 3.05) is 164 Å². The van der Waals surface area contributed by atoms with Gasteiger partial charge in [0.1, 0.15) is 98.8 Å². The quantitative estimate of drug-likeness (QED) is 0.0211. The van der Waals surface area contributed by atoms with Crippen molar-refractivity contribution < 1.29 is 122 Å². The summed E-state index contributed by atoms with van der Waals surface area (Å²) in [5.74, 6) is 2.39. The summed E-state index contributed by atoms with van der Waals surface area (Å²) < 4.78 is 130. The Kier molecular flexibility index (Phi) is 51.6. The number of hydrogen-bond acceptors (Lipinski definition) is 21. The molecule has 772 valence electrons. The van der Waals surface area contributed by atoms with Crippen LogP contribution in [-0.2, 0) is 76.7 Å². The number of Topliss-reactive ketones (excluding diaryl/α,β-unsaturated/α-hetero) is 2. The van der Waals surface area contributed by atoms with Gasteiger partial charge in [0.2, 0.25) is 0 Å². The van der Waals surface area contributed by atoms with Crippen molar-refractivity contribution in [2.45, 2.75) is 172 Å². The van der Waals surface area contributed by atoms with Crippen LogP contribution in [0.5, 0.6) is 34.5 Å². The number of carbonyl (C=O) groups is 10. The number of nitrogens with two attached hydrogens (primary N) is 1. The van der Waals surface area contributed by atoms with E-state index in [1.54, 1.807) is 88.7 Å². The summed E-state index contributed by atoms with van der Waals surface area (Å²) in [7, 11) is 0. The fourth-order valence-electron chi connectivity index (χ4n) is 15.1. The molecule has 6 aliphatic rings. The van der Waals surface area contributed by atoms with Gasteiger partial charge in [-0.3, -0.25) is 47.9 Å².